The molecule has 1 aromatic heterocycles. The molecule has 7 nitrogen and oxygen atoms in total. The quantitative estimate of drug-likeness (QED) is 0.674. The molecule has 120 valence electrons. The molecule has 0 N–H and O–H groups in total. The lowest BCUT2D eigenvalue weighted by Gasteiger charge is -2.24. The van der Waals surface area contributed by atoms with Crippen molar-refractivity contribution in [3.8, 4) is 11.5 Å². The summed E-state index contributed by atoms with van der Waals surface area (Å²) in [5.41, 5.74) is -0.406. The summed E-state index contributed by atoms with van der Waals surface area (Å²) in [6.45, 7) is 4.86. The van der Waals surface area contributed by atoms with Crippen molar-refractivity contribution in [2.75, 3.05) is 13.2 Å². The molecule has 0 aliphatic carbocycles. The smallest absolute Gasteiger partial charge is 0.381 e. The van der Waals surface area contributed by atoms with Crippen LogP contribution < -0.4 is 14.8 Å². The third-order valence-corrected chi connectivity index (χ3v) is 4.66. The van der Waals surface area contributed by atoms with Gasteiger partial charge in [-0.05, 0) is 27.7 Å². The van der Waals surface area contributed by atoms with Crippen LogP contribution >= 0.6 is 6.72 Å². The third kappa shape index (κ3) is 5.07. The van der Waals surface area contributed by atoms with Crippen molar-refractivity contribution in [2.24, 2.45) is 7.05 Å². The summed E-state index contributed by atoms with van der Waals surface area (Å²) in [7, 11) is 1.53. The van der Waals surface area contributed by atoms with E-state index in [2.05, 4.69) is 5.10 Å². The fraction of sp³-hybridized carbons (Fsp3) is 0.667. The molecule has 21 heavy (non-hydrogen) atoms. The lowest BCUT2D eigenvalue weighted by atomic mass is 10.5. The maximum atomic E-state index is 12.0. The number of hydrogen-bond acceptors (Lipinski definition) is 7. The number of rotatable bonds is 8. The van der Waals surface area contributed by atoms with E-state index in [0.29, 0.717) is 13.2 Å². The van der Waals surface area contributed by atoms with Crippen molar-refractivity contribution >= 4 is 18.5 Å². The highest BCUT2D eigenvalue weighted by Gasteiger charge is 2.27. The van der Waals surface area contributed by atoms with Crippen LogP contribution in [0, 0.1) is 0 Å². The molecule has 0 aliphatic heterocycles. The van der Waals surface area contributed by atoms with Crippen LogP contribution in [0.3, 0.4) is 0 Å². The first-order valence-electron chi connectivity index (χ1n) is 6.64. The van der Waals surface area contributed by atoms with Crippen LogP contribution in [0.2, 0.25) is 0 Å². The first-order chi connectivity index (χ1) is 9.83. The van der Waals surface area contributed by atoms with Gasteiger partial charge in [-0.25, -0.2) is 4.68 Å². The molecule has 1 rings (SSSR count). The Labute approximate surface area is 129 Å². The van der Waals surface area contributed by atoms with Crippen LogP contribution in [0.25, 0.3) is 0 Å². The molecule has 1 aromatic rings. The average molecular weight is 336 g/mol. The molecule has 0 bridgehead atoms. The second-order valence-electron chi connectivity index (χ2n) is 4.31. The van der Waals surface area contributed by atoms with E-state index in [0.717, 1.165) is 4.68 Å². The fourth-order valence-corrected chi connectivity index (χ4v) is 3.89. The Kier molecular flexibility index (Phi) is 6.80. The van der Waals surface area contributed by atoms with Crippen molar-refractivity contribution < 1.29 is 18.3 Å². The Bertz CT molecular complexity index is 575. The topological polar surface area (TPSA) is 71.8 Å². The minimum atomic E-state index is -3.02. The predicted octanol–water partition coefficient (Wildman–Crippen LogP) is 2.24. The molecule has 1 atom stereocenters. The number of hydrogen-bond donors (Lipinski definition) is 0. The molecule has 0 spiro atoms. The van der Waals surface area contributed by atoms with Crippen LogP contribution in [-0.2, 0) is 27.9 Å². The normalized spacial score (nSPS) is 14.0. The van der Waals surface area contributed by atoms with Crippen LogP contribution in [-0.4, -0.2) is 29.1 Å². The van der Waals surface area contributed by atoms with Gasteiger partial charge in [-0.1, -0.05) is 0 Å². The van der Waals surface area contributed by atoms with Gasteiger partial charge in [-0.15, -0.1) is 0 Å². The molecule has 0 radical (unpaired) electrons. The summed E-state index contributed by atoms with van der Waals surface area (Å²) >= 11 is 5.33. The van der Waals surface area contributed by atoms with Gasteiger partial charge in [0.15, 0.2) is 5.75 Å². The zero-order valence-corrected chi connectivity index (χ0v) is 14.6. The van der Waals surface area contributed by atoms with Gasteiger partial charge in [0.2, 0.25) is 5.75 Å². The molecule has 0 amide bonds. The molecule has 0 aliphatic rings. The zero-order valence-electron chi connectivity index (χ0n) is 12.9. The lowest BCUT2D eigenvalue weighted by Crippen LogP contribution is -2.22. The van der Waals surface area contributed by atoms with Gasteiger partial charge in [0.1, 0.15) is 0 Å². The fourth-order valence-electron chi connectivity index (χ4n) is 1.46. The minimum absolute atomic E-state index is 0.0521. The van der Waals surface area contributed by atoms with E-state index in [1.165, 1.54) is 13.2 Å². The van der Waals surface area contributed by atoms with E-state index in [1.807, 2.05) is 13.8 Å². The first kappa shape index (κ1) is 18.1. The van der Waals surface area contributed by atoms with Crippen molar-refractivity contribution in [3.63, 3.8) is 0 Å². The minimum Gasteiger partial charge on any atom is -0.485 e. The molecule has 0 saturated carbocycles. The largest absolute Gasteiger partial charge is 0.485 e. The van der Waals surface area contributed by atoms with Crippen LogP contribution in [0.5, 0.6) is 11.5 Å². The van der Waals surface area contributed by atoms with Crippen molar-refractivity contribution in [3.05, 3.63) is 16.6 Å². The summed E-state index contributed by atoms with van der Waals surface area (Å²) in [5, 5.41) is 3.90. The Morgan fingerprint density at radius 2 is 2.05 bits per heavy atom. The lowest BCUT2D eigenvalue weighted by molar-refractivity contribution is 0.169. The number of aryl methyl sites for hydroxylation is 1. The van der Waals surface area contributed by atoms with Gasteiger partial charge < -0.3 is 9.26 Å². The van der Waals surface area contributed by atoms with E-state index < -0.39 is 12.3 Å². The highest BCUT2D eigenvalue weighted by molar-refractivity contribution is 8.07. The number of ether oxygens (including phenoxy) is 1. The van der Waals surface area contributed by atoms with Gasteiger partial charge in [-0.3, -0.25) is 13.8 Å². The predicted molar refractivity (Wildman–Crippen MR) is 83.4 cm³/mol. The Balaban J connectivity index is 3.17. The highest BCUT2D eigenvalue weighted by atomic mass is 32.5. The zero-order chi connectivity index (χ0) is 16.0. The van der Waals surface area contributed by atoms with E-state index in [-0.39, 0.29) is 17.6 Å². The summed E-state index contributed by atoms with van der Waals surface area (Å²) < 4.78 is 23.2. The standard InChI is InChI=1S/C12H21N2O5PS/c1-6-16-11-10(8-13-14(5)12(11)15)19-20(21,17-7-2)18-9(3)4/h8-9H,6-7H2,1-5H3. The molecular weight excluding hydrogens is 315 g/mol. The van der Waals surface area contributed by atoms with Crippen LogP contribution in [0.15, 0.2) is 11.0 Å². The van der Waals surface area contributed by atoms with Crippen molar-refractivity contribution in [1.29, 1.82) is 0 Å². The Morgan fingerprint density at radius 3 is 2.57 bits per heavy atom. The van der Waals surface area contributed by atoms with Crippen molar-refractivity contribution in [2.45, 2.75) is 33.8 Å². The Morgan fingerprint density at radius 1 is 1.38 bits per heavy atom. The second kappa shape index (κ2) is 7.89. The van der Waals surface area contributed by atoms with Gasteiger partial charge >= 0.3 is 12.3 Å². The third-order valence-electron chi connectivity index (χ3n) is 2.19. The SMILES string of the molecule is CCOc1c(OP(=S)(OCC)OC(C)C)cnn(C)c1=O. The number of nitrogens with zero attached hydrogens (tertiary/aromatic N) is 2. The summed E-state index contributed by atoms with van der Waals surface area (Å²) in [6.07, 6.45) is 1.20. The molecule has 0 aromatic carbocycles. The van der Waals surface area contributed by atoms with E-state index in [1.54, 1.807) is 13.8 Å². The second-order valence-corrected chi connectivity index (χ2v) is 7.20. The molecule has 0 fully saturated rings. The van der Waals surface area contributed by atoms with Gasteiger partial charge in [0.25, 0.3) is 0 Å². The first-order valence-corrected chi connectivity index (χ1v) is 9.20. The van der Waals surface area contributed by atoms with E-state index in [4.69, 9.17) is 30.1 Å². The maximum Gasteiger partial charge on any atom is 0.381 e. The molecule has 1 unspecified atom stereocenters. The molecule has 0 saturated heterocycles. The highest BCUT2D eigenvalue weighted by Crippen LogP contribution is 2.51. The maximum absolute atomic E-state index is 12.0. The van der Waals surface area contributed by atoms with Crippen LogP contribution in [0.4, 0.5) is 0 Å². The van der Waals surface area contributed by atoms with E-state index in [9.17, 15) is 4.79 Å². The molecule has 1 heterocycles. The van der Waals surface area contributed by atoms with Gasteiger partial charge in [-0.2, -0.15) is 5.10 Å². The van der Waals surface area contributed by atoms with Crippen molar-refractivity contribution in [1.82, 2.24) is 9.78 Å². The summed E-state index contributed by atoms with van der Waals surface area (Å²) in [4.78, 5) is 12.0. The van der Waals surface area contributed by atoms with E-state index >= 15 is 0 Å². The van der Waals surface area contributed by atoms with Gasteiger partial charge in [0.05, 0.1) is 25.5 Å². The monoisotopic (exact) mass is 336 g/mol. The summed E-state index contributed by atoms with van der Waals surface area (Å²) in [5.74, 6) is 0.189. The molecular formula is C12H21N2O5PS. The average Bonchev–Trinajstić information content (AvgIpc) is 2.37. The van der Waals surface area contributed by atoms with Gasteiger partial charge in [0, 0.05) is 18.9 Å². The molecule has 9 heteroatoms. The van der Waals surface area contributed by atoms with Crippen LogP contribution in [0.1, 0.15) is 27.7 Å². The number of aromatic nitrogens is 2. The Hall–Kier alpha value is -0.950. The summed E-state index contributed by atoms with van der Waals surface area (Å²) in [6, 6.07) is 0.